The third kappa shape index (κ3) is 5.15. The summed E-state index contributed by atoms with van der Waals surface area (Å²) in [7, 11) is 0. The number of amides is 1. The Hall–Kier alpha value is -0.990. The van der Waals surface area contributed by atoms with Gasteiger partial charge in [-0.3, -0.25) is 4.79 Å². The van der Waals surface area contributed by atoms with Crippen molar-refractivity contribution in [3.63, 3.8) is 0 Å². The van der Waals surface area contributed by atoms with E-state index in [-0.39, 0.29) is 5.91 Å². The van der Waals surface area contributed by atoms with Gasteiger partial charge in [0.1, 0.15) is 0 Å². The maximum Gasteiger partial charge on any atom is 0.245 e. The van der Waals surface area contributed by atoms with Crippen LogP contribution in [-0.2, 0) is 4.79 Å². The van der Waals surface area contributed by atoms with Gasteiger partial charge in [-0.25, -0.2) is 0 Å². The van der Waals surface area contributed by atoms with Crippen LogP contribution in [0.5, 0.6) is 0 Å². The number of nitrogens with one attached hydrogen (secondary N) is 1. The summed E-state index contributed by atoms with van der Waals surface area (Å²) in [5.74, 6) is -0.109. The molecule has 0 aromatic rings. The number of hydrogen-bond donors (Lipinski definition) is 2. The van der Waals surface area contributed by atoms with Crippen LogP contribution in [0.15, 0.2) is 11.8 Å². The van der Waals surface area contributed by atoms with Crippen molar-refractivity contribution in [2.45, 2.75) is 20.3 Å². The van der Waals surface area contributed by atoms with E-state index in [1.807, 2.05) is 6.92 Å². The molecule has 0 aliphatic carbocycles. The molecule has 0 aromatic heterocycles. The number of hydrogen-bond acceptors (Lipinski definition) is 2. The monoisotopic (exact) mass is 142 g/mol. The highest BCUT2D eigenvalue weighted by atomic mass is 16.1. The summed E-state index contributed by atoms with van der Waals surface area (Å²) in [6.45, 7) is 4.40. The van der Waals surface area contributed by atoms with Crippen LogP contribution in [0.4, 0.5) is 0 Å². The SMILES string of the molecule is CCCNC(=O)/C=C(/C)N. The van der Waals surface area contributed by atoms with Gasteiger partial charge in [-0.1, -0.05) is 6.92 Å². The lowest BCUT2D eigenvalue weighted by Crippen LogP contribution is -2.22. The zero-order chi connectivity index (χ0) is 7.98. The maximum atomic E-state index is 10.7. The van der Waals surface area contributed by atoms with Crippen molar-refractivity contribution >= 4 is 5.91 Å². The van der Waals surface area contributed by atoms with E-state index in [9.17, 15) is 4.79 Å². The topological polar surface area (TPSA) is 55.1 Å². The summed E-state index contributed by atoms with van der Waals surface area (Å²) in [6, 6.07) is 0. The quantitative estimate of drug-likeness (QED) is 0.559. The van der Waals surface area contributed by atoms with Crippen molar-refractivity contribution in [2.75, 3.05) is 6.54 Å². The second kappa shape index (κ2) is 4.85. The predicted octanol–water partition coefficient (Wildman–Crippen LogP) is 0.375. The molecule has 0 spiro atoms. The van der Waals surface area contributed by atoms with Crippen LogP contribution in [0.2, 0.25) is 0 Å². The van der Waals surface area contributed by atoms with E-state index in [0.717, 1.165) is 6.42 Å². The standard InChI is InChI=1S/C7H14N2O/c1-3-4-9-7(10)5-6(2)8/h5H,3-4,8H2,1-2H3,(H,9,10)/b6-5-. The van der Waals surface area contributed by atoms with Crippen LogP contribution in [0, 0.1) is 0 Å². The van der Waals surface area contributed by atoms with Gasteiger partial charge in [0.15, 0.2) is 0 Å². The first-order valence-electron chi connectivity index (χ1n) is 3.38. The normalized spacial score (nSPS) is 11.2. The minimum atomic E-state index is -0.109. The van der Waals surface area contributed by atoms with Crippen LogP contribution in [0.25, 0.3) is 0 Å². The fourth-order valence-corrected chi connectivity index (χ4v) is 0.506. The Balaban J connectivity index is 3.54. The van der Waals surface area contributed by atoms with Gasteiger partial charge in [-0.2, -0.15) is 0 Å². The first kappa shape index (κ1) is 9.01. The van der Waals surface area contributed by atoms with E-state index in [1.54, 1.807) is 6.92 Å². The van der Waals surface area contributed by atoms with Crippen molar-refractivity contribution in [3.05, 3.63) is 11.8 Å². The zero-order valence-corrected chi connectivity index (χ0v) is 6.48. The molecule has 0 aliphatic heterocycles. The minimum absolute atomic E-state index is 0.109. The highest BCUT2D eigenvalue weighted by Gasteiger charge is 1.91. The van der Waals surface area contributed by atoms with Gasteiger partial charge in [0, 0.05) is 18.3 Å². The average molecular weight is 142 g/mol. The Morgan fingerprint density at radius 3 is 2.70 bits per heavy atom. The zero-order valence-electron chi connectivity index (χ0n) is 6.48. The summed E-state index contributed by atoms with van der Waals surface area (Å²) >= 11 is 0. The lowest BCUT2D eigenvalue weighted by atomic mass is 10.4. The molecule has 0 fully saturated rings. The van der Waals surface area contributed by atoms with Gasteiger partial charge >= 0.3 is 0 Å². The number of carbonyl (C=O) groups excluding carboxylic acids is 1. The van der Waals surface area contributed by atoms with Crippen LogP contribution >= 0.6 is 0 Å². The summed E-state index contributed by atoms with van der Waals surface area (Å²) in [6.07, 6.45) is 2.33. The molecule has 58 valence electrons. The van der Waals surface area contributed by atoms with E-state index in [1.165, 1.54) is 6.08 Å². The van der Waals surface area contributed by atoms with E-state index in [0.29, 0.717) is 12.2 Å². The average Bonchev–Trinajstić information content (AvgIpc) is 1.82. The highest BCUT2D eigenvalue weighted by Crippen LogP contribution is 1.79. The maximum absolute atomic E-state index is 10.7. The molecule has 0 saturated carbocycles. The van der Waals surface area contributed by atoms with E-state index >= 15 is 0 Å². The van der Waals surface area contributed by atoms with E-state index in [2.05, 4.69) is 5.32 Å². The number of carbonyl (C=O) groups is 1. The molecule has 3 heteroatoms. The Morgan fingerprint density at radius 1 is 1.70 bits per heavy atom. The molecular formula is C7H14N2O. The van der Waals surface area contributed by atoms with Gasteiger partial charge in [0.25, 0.3) is 0 Å². The molecule has 0 saturated heterocycles. The molecule has 0 radical (unpaired) electrons. The largest absolute Gasteiger partial charge is 0.402 e. The molecule has 3 nitrogen and oxygen atoms in total. The van der Waals surface area contributed by atoms with Crippen molar-refractivity contribution in [1.29, 1.82) is 0 Å². The van der Waals surface area contributed by atoms with Gasteiger partial charge in [-0.05, 0) is 13.3 Å². The first-order valence-corrected chi connectivity index (χ1v) is 3.38. The van der Waals surface area contributed by atoms with Crippen LogP contribution in [-0.4, -0.2) is 12.5 Å². The van der Waals surface area contributed by atoms with E-state index < -0.39 is 0 Å². The number of nitrogens with two attached hydrogens (primary N) is 1. The summed E-state index contributed by atoms with van der Waals surface area (Å²) < 4.78 is 0. The highest BCUT2D eigenvalue weighted by molar-refractivity contribution is 5.87. The molecule has 0 aromatic carbocycles. The van der Waals surface area contributed by atoms with Crippen LogP contribution < -0.4 is 11.1 Å². The van der Waals surface area contributed by atoms with Crippen molar-refractivity contribution in [3.8, 4) is 0 Å². The fourth-order valence-electron chi connectivity index (χ4n) is 0.506. The smallest absolute Gasteiger partial charge is 0.245 e. The molecule has 0 rings (SSSR count). The molecule has 3 N–H and O–H groups in total. The Bertz CT molecular complexity index is 137. The third-order valence-electron chi connectivity index (χ3n) is 0.908. The second-order valence-corrected chi connectivity index (χ2v) is 2.18. The van der Waals surface area contributed by atoms with Crippen molar-refractivity contribution in [1.82, 2.24) is 5.32 Å². The van der Waals surface area contributed by atoms with Crippen molar-refractivity contribution in [2.24, 2.45) is 5.73 Å². The molecule has 0 atom stereocenters. The predicted molar refractivity (Wildman–Crippen MR) is 41.2 cm³/mol. The molecule has 0 heterocycles. The first-order chi connectivity index (χ1) is 4.66. The molecule has 10 heavy (non-hydrogen) atoms. The van der Waals surface area contributed by atoms with Gasteiger partial charge in [0.2, 0.25) is 5.91 Å². The Kier molecular flexibility index (Phi) is 4.37. The summed E-state index contributed by atoms with van der Waals surface area (Å²) in [4.78, 5) is 10.7. The molecular weight excluding hydrogens is 128 g/mol. The number of allylic oxidation sites excluding steroid dienone is 1. The third-order valence-corrected chi connectivity index (χ3v) is 0.908. The molecule has 0 unspecified atom stereocenters. The van der Waals surface area contributed by atoms with E-state index in [4.69, 9.17) is 5.73 Å². The Labute approximate surface area is 61.3 Å². The number of rotatable bonds is 3. The van der Waals surface area contributed by atoms with Gasteiger partial charge in [0.05, 0.1) is 0 Å². The van der Waals surface area contributed by atoms with Gasteiger partial charge in [-0.15, -0.1) is 0 Å². The van der Waals surface area contributed by atoms with Gasteiger partial charge < -0.3 is 11.1 Å². The summed E-state index contributed by atoms with van der Waals surface area (Å²) in [5, 5.41) is 2.67. The molecule has 0 aliphatic rings. The second-order valence-electron chi connectivity index (χ2n) is 2.18. The summed E-state index contributed by atoms with van der Waals surface area (Å²) in [5.41, 5.74) is 5.80. The van der Waals surface area contributed by atoms with Crippen LogP contribution in [0.3, 0.4) is 0 Å². The van der Waals surface area contributed by atoms with Crippen molar-refractivity contribution < 1.29 is 4.79 Å². The minimum Gasteiger partial charge on any atom is -0.402 e. The lowest BCUT2D eigenvalue weighted by molar-refractivity contribution is -0.116. The lowest BCUT2D eigenvalue weighted by Gasteiger charge is -1.97. The van der Waals surface area contributed by atoms with Crippen LogP contribution in [0.1, 0.15) is 20.3 Å². The fraction of sp³-hybridized carbons (Fsp3) is 0.571. The molecule has 1 amide bonds. The molecule has 0 bridgehead atoms. The Morgan fingerprint density at radius 2 is 2.30 bits per heavy atom.